The average Bonchev–Trinajstić information content (AvgIpc) is 2.41. The predicted molar refractivity (Wildman–Crippen MR) is 71.3 cm³/mol. The molecule has 106 valence electrons. The molecule has 0 bridgehead atoms. The van der Waals surface area contributed by atoms with E-state index >= 15 is 0 Å². The van der Waals surface area contributed by atoms with Crippen molar-refractivity contribution in [2.24, 2.45) is 0 Å². The van der Waals surface area contributed by atoms with Crippen LogP contribution in [0.1, 0.15) is 17.2 Å². The lowest BCUT2D eigenvalue weighted by Crippen LogP contribution is -2.20. The Morgan fingerprint density at radius 3 is 2.20 bits per heavy atom. The minimum absolute atomic E-state index is 0.0967. The molecule has 0 aliphatic rings. The molecule has 1 nitrogen and oxygen atoms in total. The first kappa shape index (κ1) is 15.0. The van der Waals surface area contributed by atoms with Gasteiger partial charge in [0.05, 0.1) is 10.5 Å². The van der Waals surface area contributed by atoms with Crippen LogP contribution in [0.2, 0.25) is 0 Å². The molecule has 1 unspecified atom stereocenters. The maximum Gasteiger partial charge on any atom is 0.173 e. The van der Waals surface area contributed by atoms with E-state index in [2.05, 4.69) is 21.2 Å². The van der Waals surface area contributed by atoms with E-state index in [-0.39, 0.29) is 10.0 Å². The van der Waals surface area contributed by atoms with Gasteiger partial charge in [-0.15, -0.1) is 0 Å². The normalized spacial score (nSPS) is 12.5. The summed E-state index contributed by atoms with van der Waals surface area (Å²) in [6.45, 7) is 0. The molecule has 0 saturated carbocycles. The first-order valence-corrected chi connectivity index (χ1v) is 6.50. The zero-order valence-corrected chi connectivity index (χ0v) is 11.9. The molecule has 0 spiro atoms. The Bertz CT molecular complexity index is 645. The molecular weight excluding hydrogens is 338 g/mol. The first-order chi connectivity index (χ1) is 9.45. The van der Waals surface area contributed by atoms with Crippen molar-refractivity contribution in [3.63, 3.8) is 0 Å². The molecule has 6 heteroatoms. The van der Waals surface area contributed by atoms with Gasteiger partial charge < -0.3 is 5.32 Å². The molecular formula is C14H10BrF4N. The van der Waals surface area contributed by atoms with Gasteiger partial charge in [-0.2, -0.15) is 0 Å². The minimum atomic E-state index is -1.05. The molecule has 1 atom stereocenters. The lowest BCUT2D eigenvalue weighted by Gasteiger charge is -2.19. The zero-order valence-electron chi connectivity index (χ0n) is 10.4. The molecule has 1 N–H and O–H groups in total. The Kier molecular flexibility index (Phi) is 4.45. The van der Waals surface area contributed by atoms with E-state index in [1.165, 1.54) is 12.1 Å². The summed E-state index contributed by atoms with van der Waals surface area (Å²) in [6, 6.07) is 4.68. The molecule has 0 aromatic heterocycles. The van der Waals surface area contributed by atoms with E-state index in [1.807, 2.05) is 0 Å². The average molecular weight is 348 g/mol. The highest BCUT2D eigenvalue weighted by molar-refractivity contribution is 9.10. The van der Waals surface area contributed by atoms with E-state index < -0.39 is 29.3 Å². The van der Waals surface area contributed by atoms with E-state index in [0.717, 1.165) is 18.2 Å². The van der Waals surface area contributed by atoms with Crippen LogP contribution >= 0.6 is 15.9 Å². The number of halogens is 5. The second-order valence-corrected chi connectivity index (χ2v) is 4.95. The van der Waals surface area contributed by atoms with E-state index in [0.29, 0.717) is 5.56 Å². The van der Waals surface area contributed by atoms with E-state index in [4.69, 9.17) is 0 Å². The SMILES string of the molecule is CNC(c1ccc(F)cc1F)c1ccc(F)c(F)c1Br. The van der Waals surface area contributed by atoms with Gasteiger partial charge in [0.1, 0.15) is 11.6 Å². The zero-order chi connectivity index (χ0) is 14.9. The minimum Gasteiger partial charge on any atom is -0.309 e. The van der Waals surface area contributed by atoms with Crippen LogP contribution in [0.3, 0.4) is 0 Å². The van der Waals surface area contributed by atoms with Gasteiger partial charge in [-0.25, -0.2) is 17.6 Å². The number of benzene rings is 2. The van der Waals surface area contributed by atoms with Gasteiger partial charge in [-0.3, -0.25) is 0 Å². The fourth-order valence-electron chi connectivity index (χ4n) is 1.98. The van der Waals surface area contributed by atoms with Gasteiger partial charge in [0, 0.05) is 11.6 Å². The summed E-state index contributed by atoms with van der Waals surface area (Å²) < 4.78 is 53.3. The molecule has 0 saturated heterocycles. The first-order valence-electron chi connectivity index (χ1n) is 5.71. The van der Waals surface area contributed by atoms with Gasteiger partial charge in [-0.1, -0.05) is 12.1 Å². The van der Waals surface area contributed by atoms with Crippen LogP contribution in [0, 0.1) is 23.3 Å². The summed E-state index contributed by atoms with van der Waals surface area (Å²) in [4.78, 5) is 0. The van der Waals surface area contributed by atoms with Gasteiger partial charge >= 0.3 is 0 Å². The molecule has 0 amide bonds. The monoisotopic (exact) mass is 347 g/mol. The maximum absolute atomic E-state index is 13.8. The number of hydrogen-bond acceptors (Lipinski definition) is 1. The molecule has 2 rings (SSSR count). The topological polar surface area (TPSA) is 12.0 Å². The van der Waals surface area contributed by atoms with E-state index in [9.17, 15) is 17.6 Å². The van der Waals surface area contributed by atoms with Crippen molar-refractivity contribution in [1.29, 1.82) is 0 Å². The molecule has 0 aliphatic heterocycles. The smallest absolute Gasteiger partial charge is 0.173 e. The van der Waals surface area contributed by atoms with Gasteiger partial charge in [0.25, 0.3) is 0 Å². The van der Waals surface area contributed by atoms with Crippen molar-refractivity contribution in [1.82, 2.24) is 5.32 Å². The van der Waals surface area contributed by atoms with Crippen molar-refractivity contribution in [3.05, 3.63) is 69.2 Å². The Hall–Kier alpha value is -1.40. The summed E-state index contributed by atoms with van der Waals surface area (Å²) in [6.07, 6.45) is 0. The maximum atomic E-state index is 13.8. The van der Waals surface area contributed by atoms with Gasteiger partial charge in [0.2, 0.25) is 0 Å². The van der Waals surface area contributed by atoms with Crippen LogP contribution in [-0.4, -0.2) is 7.05 Å². The number of nitrogens with one attached hydrogen (secondary N) is 1. The standard InChI is InChI=1S/C14H10BrF4N/c1-20-14(8-3-2-7(16)6-11(8)18)9-4-5-10(17)13(19)12(9)15/h2-6,14,20H,1H3. The summed E-state index contributed by atoms with van der Waals surface area (Å²) >= 11 is 2.96. The molecule has 2 aromatic carbocycles. The Morgan fingerprint density at radius 2 is 1.60 bits per heavy atom. The molecule has 0 fully saturated rings. The highest BCUT2D eigenvalue weighted by Gasteiger charge is 2.22. The molecule has 0 aliphatic carbocycles. The largest absolute Gasteiger partial charge is 0.309 e. The third-order valence-corrected chi connectivity index (χ3v) is 3.74. The Morgan fingerprint density at radius 1 is 0.950 bits per heavy atom. The van der Waals surface area contributed by atoms with Crippen LogP contribution in [0.25, 0.3) is 0 Å². The van der Waals surface area contributed by atoms with Crippen molar-refractivity contribution in [3.8, 4) is 0 Å². The summed E-state index contributed by atoms with van der Waals surface area (Å²) in [5.41, 5.74) is 0.456. The molecule has 0 heterocycles. The summed E-state index contributed by atoms with van der Waals surface area (Å²) in [5, 5.41) is 2.80. The third kappa shape index (κ3) is 2.71. The third-order valence-electron chi connectivity index (χ3n) is 2.94. The van der Waals surface area contributed by atoms with Crippen LogP contribution in [0.5, 0.6) is 0 Å². The lowest BCUT2D eigenvalue weighted by atomic mass is 9.98. The highest BCUT2D eigenvalue weighted by atomic mass is 79.9. The molecule has 20 heavy (non-hydrogen) atoms. The fraction of sp³-hybridized carbons (Fsp3) is 0.143. The molecule has 0 radical (unpaired) electrons. The van der Waals surface area contributed by atoms with Crippen LogP contribution in [0.15, 0.2) is 34.8 Å². The second kappa shape index (κ2) is 5.93. The fourth-order valence-corrected chi connectivity index (χ4v) is 2.53. The van der Waals surface area contributed by atoms with E-state index in [1.54, 1.807) is 7.05 Å². The predicted octanol–water partition coefficient (Wildman–Crippen LogP) is 4.31. The lowest BCUT2D eigenvalue weighted by molar-refractivity contribution is 0.498. The van der Waals surface area contributed by atoms with Gasteiger partial charge in [-0.05, 0) is 40.7 Å². The highest BCUT2D eigenvalue weighted by Crippen LogP contribution is 2.32. The van der Waals surface area contributed by atoms with Crippen molar-refractivity contribution in [2.75, 3.05) is 7.05 Å². The van der Waals surface area contributed by atoms with Crippen molar-refractivity contribution < 1.29 is 17.6 Å². The number of rotatable bonds is 3. The molecule has 2 aromatic rings. The van der Waals surface area contributed by atoms with Gasteiger partial charge in [0.15, 0.2) is 11.6 Å². The summed E-state index contributed by atoms with van der Waals surface area (Å²) in [5.74, 6) is -3.52. The Labute approximate surface area is 121 Å². The summed E-state index contributed by atoms with van der Waals surface area (Å²) in [7, 11) is 1.54. The van der Waals surface area contributed by atoms with Crippen LogP contribution < -0.4 is 5.32 Å². The van der Waals surface area contributed by atoms with Crippen molar-refractivity contribution in [2.45, 2.75) is 6.04 Å². The Balaban J connectivity index is 2.55. The van der Waals surface area contributed by atoms with Crippen LogP contribution in [-0.2, 0) is 0 Å². The number of hydrogen-bond donors (Lipinski definition) is 1. The van der Waals surface area contributed by atoms with Crippen molar-refractivity contribution >= 4 is 15.9 Å². The quantitative estimate of drug-likeness (QED) is 0.644. The van der Waals surface area contributed by atoms with Crippen LogP contribution in [0.4, 0.5) is 17.6 Å². The second-order valence-electron chi connectivity index (χ2n) is 4.15.